The molecule has 0 atom stereocenters. The molecule has 0 amide bonds. The highest BCUT2D eigenvalue weighted by Gasteiger charge is 2.05. The summed E-state index contributed by atoms with van der Waals surface area (Å²) in [6, 6.07) is 4.32. The van der Waals surface area contributed by atoms with Crippen molar-refractivity contribution >= 4 is 11.0 Å². The van der Waals surface area contributed by atoms with Gasteiger partial charge in [-0.25, -0.2) is 4.68 Å². The maximum atomic E-state index is 4.24. The predicted octanol–water partition coefficient (Wildman–Crippen LogP) is 3.63. The van der Waals surface area contributed by atoms with Crippen LogP contribution in [0.1, 0.15) is 43.7 Å². The van der Waals surface area contributed by atoms with Crippen LogP contribution in [0.5, 0.6) is 0 Å². The van der Waals surface area contributed by atoms with Gasteiger partial charge >= 0.3 is 0 Å². The smallest absolute Gasteiger partial charge is 0.113 e. The third-order valence-electron chi connectivity index (χ3n) is 3.35. The zero-order valence-electron chi connectivity index (χ0n) is 11.0. The normalized spacial score (nSPS) is 11.2. The SMILES string of the molecule is CCCCCCn1nnc2cc(C)c(C)cc21. The minimum atomic E-state index is 0.985. The van der Waals surface area contributed by atoms with E-state index < -0.39 is 0 Å². The molecule has 17 heavy (non-hydrogen) atoms. The highest BCUT2D eigenvalue weighted by molar-refractivity contribution is 5.76. The van der Waals surface area contributed by atoms with Crippen molar-refractivity contribution in [1.29, 1.82) is 0 Å². The molecule has 0 aliphatic heterocycles. The van der Waals surface area contributed by atoms with Crippen LogP contribution < -0.4 is 0 Å². The number of hydrogen-bond acceptors (Lipinski definition) is 2. The first kappa shape index (κ1) is 12.1. The molecule has 0 unspecified atom stereocenters. The highest BCUT2D eigenvalue weighted by atomic mass is 15.4. The summed E-state index contributed by atoms with van der Waals surface area (Å²) in [7, 11) is 0. The minimum Gasteiger partial charge on any atom is -0.245 e. The Bertz CT molecular complexity index is 499. The first-order chi connectivity index (χ1) is 8.22. The first-order valence-electron chi connectivity index (χ1n) is 6.53. The molecule has 0 N–H and O–H groups in total. The van der Waals surface area contributed by atoms with Gasteiger partial charge in [0.15, 0.2) is 0 Å². The molecule has 0 spiro atoms. The Morgan fingerprint density at radius 3 is 2.59 bits per heavy atom. The molecule has 2 aromatic rings. The average Bonchev–Trinajstić information content (AvgIpc) is 2.68. The van der Waals surface area contributed by atoms with Crippen molar-refractivity contribution in [2.24, 2.45) is 0 Å². The molecule has 1 aromatic carbocycles. The molecule has 0 radical (unpaired) electrons. The second-order valence-corrected chi connectivity index (χ2v) is 4.80. The van der Waals surface area contributed by atoms with E-state index in [1.807, 2.05) is 4.68 Å². The standard InChI is InChI=1S/C14H21N3/c1-4-5-6-7-8-17-14-10-12(3)11(2)9-13(14)15-16-17/h9-10H,4-8H2,1-3H3. The molecule has 0 bridgehead atoms. The summed E-state index contributed by atoms with van der Waals surface area (Å²) in [5.41, 5.74) is 4.79. The molecule has 92 valence electrons. The third kappa shape index (κ3) is 2.65. The van der Waals surface area contributed by atoms with Crippen molar-refractivity contribution < 1.29 is 0 Å². The molecular weight excluding hydrogens is 210 g/mol. The summed E-state index contributed by atoms with van der Waals surface area (Å²) in [6.45, 7) is 7.48. The van der Waals surface area contributed by atoms with Crippen molar-refractivity contribution in [3.05, 3.63) is 23.3 Å². The summed E-state index contributed by atoms with van der Waals surface area (Å²) in [6.07, 6.45) is 5.06. The molecule has 0 aliphatic carbocycles. The Kier molecular flexibility index (Phi) is 3.77. The number of nitrogens with zero attached hydrogens (tertiary/aromatic N) is 3. The van der Waals surface area contributed by atoms with Crippen LogP contribution in [-0.4, -0.2) is 15.0 Å². The van der Waals surface area contributed by atoms with E-state index in [1.165, 1.54) is 42.3 Å². The Hall–Kier alpha value is -1.38. The summed E-state index contributed by atoms with van der Waals surface area (Å²) in [5.74, 6) is 0. The quantitative estimate of drug-likeness (QED) is 0.736. The largest absolute Gasteiger partial charge is 0.245 e. The Morgan fingerprint density at radius 1 is 1.06 bits per heavy atom. The predicted molar refractivity (Wildman–Crippen MR) is 71.1 cm³/mol. The van der Waals surface area contributed by atoms with Crippen molar-refractivity contribution in [3.63, 3.8) is 0 Å². The van der Waals surface area contributed by atoms with Crippen LogP contribution in [0.4, 0.5) is 0 Å². The van der Waals surface area contributed by atoms with Gasteiger partial charge in [-0.3, -0.25) is 0 Å². The van der Waals surface area contributed by atoms with Crippen LogP contribution in [-0.2, 0) is 6.54 Å². The lowest BCUT2D eigenvalue weighted by Crippen LogP contribution is -2.00. The fourth-order valence-electron chi connectivity index (χ4n) is 2.08. The number of hydrogen-bond donors (Lipinski definition) is 0. The van der Waals surface area contributed by atoms with Crippen LogP contribution in [0.15, 0.2) is 12.1 Å². The number of aryl methyl sites for hydroxylation is 3. The van der Waals surface area contributed by atoms with E-state index >= 15 is 0 Å². The molecule has 1 aromatic heterocycles. The van der Waals surface area contributed by atoms with E-state index in [-0.39, 0.29) is 0 Å². The van der Waals surface area contributed by atoms with Gasteiger partial charge in [0.05, 0.1) is 5.52 Å². The highest BCUT2D eigenvalue weighted by Crippen LogP contribution is 2.17. The Balaban J connectivity index is 2.15. The lowest BCUT2D eigenvalue weighted by Gasteiger charge is -2.03. The second kappa shape index (κ2) is 5.30. The maximum Gasteiger partial charge on any atom is 0.113 e. The van der Waals surface area contributed by atoms with Gasteiger partial charge in [-0.2, -0.15) is 0 Å². The molecule has 2 rings (SSSR count). The van der Waals surface area contributed by atoms with Crippen molar-refractivity contribution in [3.8, 4) is 0 Å². The van der Waals surface area contributed by atoms with E-state index in [0.29, 0.717) is 0 Å². The molecule has 0 fully saturated rings. The van der Waals surface area contributed by atoms with Gasteiger partial charge in [0, 0.05) is 6.54 Å². The average molecular weight is 231 g/mol. The van der Waals surface area contributed by atoms with Crippen molar-refractivity contribution in [1.82, 2.24) is 15.0 Å². The van der Waals surface area contributed by atoms with Gasteiger partial charge in [0.25, 0.3) is 0 Å². The molecule has 0 saturated heterocycles. The van der Waals surface area contributed by atoms with E-state index in [1.54, 1.807) is 0 Å². The molecule has 3 nitrogen and oxygen atoms in total. The van der Waals surface area contributed by atoms with Crippen molar-refractivity contribution in [2.75, 3.05) is 0 Å². The fourth-order valence-corrected chi connectivity index (χ4v) is 2.08. The van der Waals surface area contributed by atoms with Gasteiger partial charge in [-0.1, -0.05) is 31.4 Å². The minimum absolute atomic E-state index is 0.985. The summed E-state index contributed by atoms with van der Waals surface area (Å²) >= 11 is 0. The van der Waals surface area contributed by atoms with E-state index in [9.17, 15) is 0 Å². The number of unbranched alkanes of at least 4 members (excludes halogenated alkanes) is 3. The third-order valence-corrected chi connectivity index (χ3v) is 3.35. The number of benzene rings is 1. The Morgan fingerprint density at radius 2 is 1.82 bits per heavy atom. The Labute approximate surface area is 103 Å². The molecule has 3 heteroatoms. The van der Waals surface area contributed by atoms with E-state index in [2.05, 4.69) is 43.2 Å². The van der Waals surface area contributed by atoms with Crippen LogP contribution in [0.3, 0.4) is 0 Å². The number of fused-ring (bicyclic) bond motifs is 1. The summed E-state index contributed by atoms with van der Waals surface area (Å²) < 4.78 is 2.04. The van der Waals surface area contributed by atoms with Gasteiger partial charge in [-0.15, -0.1) is 5.10 Å². The van der Waals surface area contributed by atoms with E-state index in [0.717, 1.165) is 12.1 Å². The van der Waals surface area contributed by atoms with Crippen LogP contribution in [0.25, 0.3) is 11.0 Å². The van der Waals surface area contributed by atoms with Crippen LogP contribution in [0, 0.1) is 13.8 Å². The topological polar surface area (TPSA) is 30.7 Å². The van der Waals surface area contributed by atoms with Crippen LogP contribution >= 0.6 is 0 Å². The van der Waals surface area contributed by atoms with Gasteiger partial charge in [0.1, 0.15) is 5.52 Å². The molecule has 0 saturated carbocycles. The van der Waals surface area contributed by atoms with Crippen LogP contribution in [0.2, 0.25) is 0 Å². The van der Waals surface area contributed by atoms with Gasteiger partial charge in [0.2, 0.25) is 0 Å². The molecule has 0 aliphatic rings. The van der Waals surface area contributed by atoms with Gasteiger partial charge in [-0.05, 0) is 43.5 Å². The fraction of sp³-hybridized carbons (Fsp3) is 0.571. The maximum absolute atomic E-state index is 4.24. The van der Waals surface area contributed by atoms with E-state index in [4.69, 9.17) is 0 Å². The molecular formula is C14H21N3. The number of aromatic nitrogens is 3. The van der Waals surface area contributed by atoms with Gasteiger partial charge < -0.3 is 0 Å². The first-order valence-corrected chi connectivity index (χ1v) is 6.53. The summed E-state index contributed by atoms with van der Waals surface area (Å²) in [4.78, 5) is 0. The lowest BCUT2D eigenvalue weighted by atomic mass is 10.1. The number of rotatable bonds is 5. The van der Waals surface area contributed by atoms with Crippen molar-refractivity contribution in [2.45, 2.75) is 53.0 Å². The summed E-state index contributed by atoms with van der Waals surface area (Å²) in [5, 5.41) is 8.47. The zero-order chi connectivity index (χ0) is 12.3. The molecule has 1 heterocycles. The lowest BCUT2D eigenvalue weighted by molar-refractivity contribution is 0.539. The zero-order valence-corrected chi connectivity index (χ0v) is 11.0. The monoisotopic (exact) mass is 231 g/mol. The second-order valence-electron chi connectivity index (χ2n) is 4.80.